The van der Waals surface area contributed by atoms with E-state index in [9.17, 15) is 4.79 Å². The van der Waals surface area contributed by atoms with Crippen LogP contribution in [-0.2, 0) is 25.8 Å². The third kappa shape index (κ3) is 7.69. The molecule has 2 aromatic rings. The molecule has 5 heteroatoms. The number of hydrogen-bond donors (Lipinski definition) is 0. The van der Waals surface area contributed by atoms with Gasteiger partial charge in [-0.1, -0.05) is 85.7 Å². The highest BCUT2D eigenvalue weighted by Crippen LogP contribution is 2.42. The Labute approximate surface area is 258 Å². The quantitative estimate of drug-likeness (QED) is 0.181. The zero-order chi connectivity index (χ0) is 31.5. The second-order valence-electron chi connectivity index (χ2n) is 15.1. The SMILES string of the molecule is CCC(CC)(c1ccc(CC[C@H](O[Si](C)(C)C(C)(C)C)C(C)(C)C)c(C)c1)c1ccc(OCC2CCOC2=O)c(C)c1. The monoisotopic (exact) mass is 594 g/mol. The lowest BCUT2D eigenvalue weighted by Gasteiger charge is -2.43. The second kappa shape index (κ2) is 13.3. The van der Waals surface area contributed by atoms with Crippen molar-refractivity contribution in [2.45, 2.75) is 131 Å². The molecule has 0 saturated carbocycles. The molecule has 3 rings (SSSR count). The second-order valence-corrected chi connectivity index (χ2v) is 19.9. The molecule has 2 aromatic carbocycles. The molecular weight excluding hydrogens is 536 g/mol. The van der Waals surface area contributed by atoms with Gasteiger partial charge in [0, 0.05) is 5.41 Å². The zero-order valence-electron chi connectivity index (χ0n) is 28.7. The molecule has 0 radical (unpaired) electrons. The Kier molecular flexibility index (Phi) is 10.9. The molecule has 4 nitrogen and oxygen atoms in total. The average Bonchev–Trinajstić information content (AvgIpc) is 3.31. The number of cyclic esters (lactones) is 1. The molecule has 0 aromatic heterocycles. The summed E-state index contributed by atoms with van der Waals surface area (Å²) in [5, 5.41) is 0.199. The maximum Gasteiger partial charge on any atom is 0.312 e. The third-order valence-corrected chi connectivity index (χ3v) is 14.7. The minimum Gasteiger partial charge on any atom is -0.492 e. The molecule has 0 spiro atoms. The number of benzene rings is 2. The molecule has 1 aliphatic heterocycles. The molecule has 1 heterocycles. The number of esters is 1. The van der Waals surface area contributed by atoms with E-state index in [-0.39, 0.29) is 33.9 Å². The van der Waals surface area contributed by atoms with Crippen molar-refractivity contribution >= 4 is 14.3 Å². The molecular formula is C37H58O4Si. The van der Waals surface area contributed by atoms with Gasteiger partial charge in [-0.2, -0.15) is 0 Å². The molecule has 0 bridgehead atoms. The average molecular weight is 595 g/mol. The van der Waals surface area contributed by atoms with Crippen LogP contribution in [-0.4, -0.2) is 33.6 Å². The number of hydrogen-bond acceptors (Lipinski definition) is 4. The van der Waals surface area contributed by atoms with Gasteiger partial charge in [0.05, 0.1) is 18.6 Å². The summed E-state index contributed by atoms with van der Waals surface area (Å²) in [6.45, 7) is 28.5. The van der Waals surface area contributed by atoms with Gasteiger partial charge >= 0.3 is 5.97 Å². The zero-order valence-corrected chi connectivity index (χ0v) is 29.7. The Morgan fingerprint density at radius 2 is 1.52 bits per heavy atom. The van der Waals surface area contributed by atoms with Gasteiger partial charge in [0.15, 0.2) is 8.32 Å². The number of carbonyl (C=O) groups is 1. The van der Waals surface area contributed by atoms with Crippen molar-refractivity contribution in [3.8, 4) is 5.75 Å². The Bertz CT molecular complexity index is 1210. The van der Waals surface area contributed by atoms with Crippen LogP contribution in [0.3, 0.4) is 0 Å². The number of rotatable bonds is 12. The first-order chi connectivity index (χ1) is 19.4. The van der Waals surface area contributed by atoms with E-state index in [1.54, 1.807) is 0 Å². The Morgan fingerprint density at radius 1 is 0.929 bits per heavy atom. The first kappa shape index (κ1) is 34.4. The molecule has 1 unspecified atom stereocenters. The Morgan fingerprint density at radius 3 is 2.00 bits per heavy atom. The molecule has 42 heavy (non-hydrogen) atoms. The number of carbonyl (C=O) groups excluding carboxylic acids is 1. The van der Waals surface area contributed by atoms with E-state index in [0.29, 0.717) is 13.2 Å². The van der Waals surface area contributed by atoms with Crippen molar-refractivity contribution in [1.29, 1.82) is 0 Å². The first-order valence-electron chi connectivity index (χ1n) is 16.1. The van der Waals surface area contributed by atoms with E-state index in [2.05, 4.69) is 119 Å². The third-order valence-electron chi connectivity index (χ3n) is 10.2. The minimum absolute atomic E-state index is 0.0682. The molecule has 2 atom stereocenters. The van der Waals surface area contributed by atoms with Crippen molar-refractivity contribution in [2.24, 2.45) is 11.3 Å². The topological polar surface area (TPSA) is 44.8 Å². The van der Waals surface area contributed by atoms with Crippen molar-refractivity contribution in [1.82, 2.24) is 0 Å². The van der Waals surface area contributed by atoms with Crippen molar-refractivity contribution in [3.05, 3.63) is 64.2 Å². The van der Waals surface area contributed by atoms with Crippen LogP contribution in [0.25, 0.3) is 0 Å². The van der Waals surface area contributed by atoms with Gasteiger partial charge in [0.2, 0.25) is 0 Å². The van der Waals surface area contributed by atoms with E-state index in [1.807, 2.05) is 0 Å². The van der Waals surface area contributed by atoms with Gasteiger partial charge in [0.25, 0.3) is 0 Å². The van der Waals surface area contributed by atoms with Crippen LogP contribution in [0.2, 0.25) is 18.1 Å². The predicted octanol–water partition coefficient (Wildman–Crippen LogP) is 9.72. The van der Waals surface area contributed by atoms with Gasteiger partial charge < -0.3 is 13.9 Å². The lowest BCUT2D eigenvalue weighted by molar-refractivity contribution is -0.141. The largest absolute Gasteiger partial charge is 0.492 e. The fourth-order valence-corrected chi connectivity index (χ4v) is 7.52. The van der Waals surface area contributed by atoms with Crippen LogP contribution in [0, 0.1) is 25.2 Å². The summed E-state index contributed by atoms with van der Waals surface area (Å²) in [5.74, 6) is 0.545. The highest BCUT2D eigenvalue weighted by atomic mass is 28.4. The van der Waals surface area contributed by atoms with Gasteiger partial charge in [-0.25, -0.2) is 0 Å². The molecule has 0 N–H and O–H groups in total. The molecule has 234 valence electrons. The predicted molar refractivity (Wildman–Crippen MR) is 178 cm³/mol. The Balaban J connectivity index is 1.81. The highest BCUT2D eigenvalue weighted by molar-refractivity contribution is 6.74. The summed E-state index contributed by atoms with van der Waals surface area (Å²) in [4.78, 5) is 11.9. The van der Waals surface area contributed by atoms with E-state index in [4.69, 9.17) is 13.9 Å². The van der Waals surface area contributed by atoms with Gasteiger partial charge in [-0.3, -0.25) is 4.79 Å². The van der Waals surface area contributed by atoms with E-state index in [1.165, 1.54) is 22.3 Å². The fourth-order valence-electron chi connectivity index (χ4n) is 5.98. The van der Waals surface area contributed by atoms with Crippen LogP contribution in [0.15, 0.2) is 36.4 Å². The van der Waals surface area contributed by atoms with Crippen molar-refractivity contribution in [3.63, 3.8) is 0 Å². The highest BCUT2D eigenvalue weighted by Gasteiger charge is 2.41. The fraction of sp³-hybridized carbons (Fsp3) is 0.649. The summed E-state index contributed by atoms with van der Waals surface area (Å²) in [6, 6.07) is 13.7. The normalized spacial score (nSPS) is 17.3. The summed E-state index contributed by atoms with van der Waals surface area (Å²) in [5.41, 5.74) is 6.60. The summed E-state index contributed by atoms with van der Waals surface area (Å²) in [7, 11) is -1.86. The molecule has 1 saturated heterocycles. The summed E-state index contributed by atoms with van der Waals surface area (Å²) < 4.78 is 18.1. The lowest BCUT2D eigenvalue weighted by Crippen LogP contribution is -2.47. The maximum atomic E-state index is 11.9. The van der Waals surface area contributed by atoms with Gasteiger partial charge in [-0.05, 0) is 103 Å². The maximum absolute atomic E-state index is 11.9. The summed E-state index contributed by atoms with van der Waals surface area (Å²) in [6.07, 6.45) is 5.05. The van der Waals surface area contributed by atoms with Crippen LogP contribution >= 0.6 is 0 Å². The lowest BCUT2D eigenvalue weighted by atomic mass is 9.69. The number of ether oxygens (including phenoxy) is 2. The van der Waals surface area contributed by atoms with E-state index < -0.39 is 8.32 Å². The summed E-state index contributed by atoms with van der Waals surface area (Å²) >= 11 is 0. The van der Waals surface area contributed by atoms with E-state index >= 15 is 0 Å². The van der Waals surface area contributed by atoms with Crippen LogP contribution < -0.4 is 4.74 Å². The molecule has 0 aliphatic carbocycles. The van der Waals surface area contributed by atoms with Gasteiger partial charge in [0.1, 0.15) is 12.4 Å². The number of aryl methyl sites for hydroxylation is 3. The van der Waals surface area contributed by atoms with Crippen molar-refractivity contribution < 1.29 is 18.7 Å². The molecule has 0 amide bonds. The molecule has 1 fully saturated rings. The minimum atomic E-state index is -1.86. The van der Waals surface area contributed by atoms with E-state index in [0.717, 1.165) is 43.4 Å². The van der Waals surface area contributed by atoms with Gasteiger partial charge in [-0.15, -0.1) is 0 Å². The molecule has 1 aliphatic rings. The standard InChI is InChI=1S/C37H58O4Si/c1-13-37(14-2,31-18-19-32(27(4)24-31)40-25-29-21-22-39-34(29)38)30-17-15-28(26(3)23-30)16-20-33(35(5,6)7)41-42(11,12)36(8,9)10/h15,17-19,23-24,29,33H,13-14,16,20-22,25H2,1-12H3/t29?,33-/m0/s1. The van der Waals surface area contributed by atoms with Crippen LogP contribution in [0.1, 0.15) is 109 Å². The van der Waals surface area contributed by atoms with Crippen LogP contribution in [0.4, 0.5) is 0 Å². The van der Waals surface area contributed by atoms with Crippen LogP contribution in [0.5, 0.6) is 5.75 Å². The Hall–Kier alpha value is -2.11. The first-order valence-corrected chi connectivity index (χ1v) is 19.0. The van der Waals surface area contributed by atoms with Crippen molar-refractivity contribution in [2.75, 3.05) is 13.2 Å². The smallest absolute Gasteiger partial charge is 0.312 e.